The summed E-state index contributed by atoms with van der Waals surface area (Å²) in [6.07, 6.45) is -6.93. The summed E-state index contributed by atoms with van der Waals surface area (Å²) in [7, 11) is 0. The number of aromatic hydroxyl groups is 4. The molecule has 1 saturated heterocycles. The Balaban J connectivity index is 1.26. The van der Waals surface area contributed by atoms with Crippen LogP contribution in [0.1, 0.15) is 45.6 Å². The second-order valence-electron chi connectivity index (χ2n) is 13.0. The third kappa shape index (κ3) is 8.15. The average Bonchev–Trinajstić information content (AvgIpc) is 3.16. The summed E-state index contributed by atoms with van der Waals surface area (Å²) in [5, 5.41) is 41.5. The summed E-state index contributed by atoms with van der Waals surface area (Å²) in [4.78, 5) is 14.3. The molecule has 2 aliphatic rings. The first-order chi connectivity index (χ1) is 25.7. The zero-order chi connectivity index (χ0) is 36.9. The number of hydrogen-bond donors (Lipinski definition) is 4. The molecule has 0 spiro atoms. The number of phenolic OH excluding ortho intramolecular Hbond substituents is 4. The lowest BCUT2D eigenvalue weighted by Crippen LogP contribution is -2.61. The predicted molar refractivity (Wildman–Crippen MR) is 192 cm³/mol. The topological polar surface area (TPSA) is 153 Å². The fourth-order valence-electron chi connectivity index (χ4n) is 6.62. The highest BCUT2D eigenvalue weighted by Crippen LogP contribution is 2.45. The van der Waals surface area contributed by atoms with E-state index in [0.29, 0.717) is 0 Å². The van der Waals surface area contributed by atoms with Gasteiger partial charge in [-0.2, -0.15) is 0 Å². The van der Waals surface area contributed by atoms with E-state index >= 15 is 0 Å². The SMILES string of the molecule is C[C@@H]1OC(O[C@H]2C(=O)c3c(O)cc(O)cc3O[C@@H]2c2ccc(O)c(O)c2)[C@H](OCc2ccccc2)[C@H](OCc2ccccc2)[C@H]1OCc1ccccc1. The van der Waals surface area contributed by atoms with E-state index in [4.69, 9.17) is 28.4 Å². The van der Waals surface area contributed by atoms with Crippen LogP contribution in [0.4, 0.5) is 0 Å². The van der Waals surface area contributed by atoms with Crippen LogP contribution in [0.2, 0.25) is 0 Å². The molecule has 11 nitrogen and oxygen atoms in total. The van der Waals surface area contributed by atoms with E-state index in [1.54, 1.807) is 0 Å². The van der Waals surface area contributed by atoms with Crippen molar-refractivity contribution in [3.8, 4) is 28.7 Å². The van der Waals surface area contributed by atoms with Crippen molar-refractivity contribution >= 4 is 5.78 Å². The summed E-state index contributed by atoms with van der Waals surface area (Å²) >= 11 is 0. The lowest BCUT2D eigenvalue weighted by Gasteiger charge is -2.46. The Morgan fingerprint density at radius 3 is 1.72 bits per heavy atom. The third-order valence-corrected chi connectivity index (χ3v) is 9.29. The van der Waals surface area contributed by atoms with Crippen LogP contribution >= 0.6 is 0 Å². The molecule has 2 heterocycles. The second-order valence-corrected chi connectivity index (χ2v) is 13.0. The molecule has 0 bridgehead atoms. The molecule has 11 heteroatoms. The Labute approximate surface area is 306 Å². The summed E-state index contributed by atoms with van der Waals surface area (Å²) in [6.45, 7) is 2.46. The molecule has 0 saturated carbocycles. The van der Waals surface area contributed by atoms with Gasteiger partial charge in [-0.15, -0.1) is 0 Å². The van der Waals surface area contributed by atoms with Crippen molar-refractivity contribution in [2.45, 2.75) is 69.7 Å². The van der Waals surface area contributed by atoms with Gasteiger partial charge in [0.05, 0.1) is 25.9 Å². The van der Waals surface area contributed by atoms with Gasteiger partial charge < -0.3 is 48.8 Å². The van der Waals surface area contributed by atoms with Crippen LogP contribution in [0.15, 0.2) is 121 Å². The lowest BCUT2D eigenvalue weighted by atomic mass is 9.92. The Kier molecular flexibility index (Phi) is 10.9. The van der Waals surface area contributed by atoms with Gasteiger partial charge in [-0.3, -0.25) is 4.79 Å². The monoisotopic (exact) mass is 720 g/mol. The zero-order valence-corrected chi connectivity index (χ0v) is 28.9. The van der Waals surface area contributed by atoms with Gasteiger partial charge in [0.2, 0.25) is 5.78 Å². The summed E-state index contributed by atoms with van der Waals surface area (Å²) in [5.74, 6) is -2.39. The number of phenols is 4. The van der Waals surface area contributed by atoms with E-state index in [2.05, 4.69) is 0 Å². The normalized spacial score (nSPS) is 23.9. The van der Waals surface area contributed by atoms with Gasteiger partial charge in [-0.1, -0.05) is 97.1 Å². The van der Waals surface area contributed by atoms with Crippen LogP contribution in [0.25, 0.3) is 0 Å². The highest BCUT2D eigenvalue weighted by atomic mass is 16.7. The molecular formula is C42H40O11. The molecule has 5 aromatic carbocycles. The number of carbonyl (C=O) groups is 1. The number of Topliss-reactive ketones (excluding diaryl/α,β-unsaturated/α-hetero) is 1. The first-order valence-corrected chi connectivity index (χ1v) is 17.3. The van der Waals surface area contributed by atoms with Gasteiger partial charge in [0.15, 0.2) is 30.0 Å². The Morgan fingerprint density at radius 1 is 0.604 bits per heavy atom. The quantitative estimate of drug-likeness (QED) is 0.102. The van der Waals surface area contributed by atoms with E-state index in [-0.39, 0.29) is 48.2 Å². The predicted octanol–water partition coefficient (Wildman–Crippen LogP) is 6.71. The third-order valence-electron chi connectivity index (χ3n) is 9.29. The number of carbonyl (C=O) groups excluding carboxylic acids is 1. The van der Waals surface area contributed by atoms with Crippen LogP contribution in [0, 0.1) is 0 Å². The fraction of sp³-hybridized carbons (Fsp3) is 0.262. The molecule has 1 unspecified atom stereocenters. The molecule has 1 fully saturated rings. The Bertz CT molecular complexity index is 1990. The molecular weight excluding hydrogens is 680 g/mol. The van der Waals surface area contributed by atoms with Crippen molar-refractivity contribution in [1.82, 2.24) is 0 Å². The number of fused-ring (bicyclic) bond motifs is 1. The van der Waals surface area contributed by atoms with Crippen molar-refractivity contribution in [2.75, 3.05) is 0 Å². The zero-order valence-electron chi connectivity index (χ0n) is 28.9. The van der Waals surface area contributed by atoms with E-state index in [0.717, 1.165) is 22.8 Å². The minimum Gasteiger partial charge on any atom is -0.508 e. The minimum absolute atomic E-state index is 0.0850. The smallest absolute Gasteiger partial charge is 0.203 e. The molecule has 0 aliphatic carbocycles. The molecule has 4 N–H and O–H groups in total. The number of rotatable bonds is 12. The minimum atomic E-state index is -1.46. The van der Waals surface area contributed by atoms with E-state index in [1.165, 1.54) is 24.3 Å². The fourth-order valence-corrected chi connectivity index (χ4v) is 6.62. The van der Waals surface area contributed by atoms with E-state index in [9.17, 15) is 25.2 Å². The molecule has 53 heavy (non-hydrogen) atoms. The Morgan fingerprint density at radius 2 is 1.15 bits per heavy atom. The standard InChI is InChI=1S/C42H40O11/c1-25-37(48-22-26-11-5-2-6-12-26)40(49-23-27-13-7-3-8-14-27)41(50-24-28-15-9-4-10-16-28)42(51-25)53-39-36(47)35-33(46)20-30(43)21-34(35)52-38(39)29-17-18-31(44)32(45)19-29/h2-21,25,37-46H,22-24H2,1H3/t25-,37-,38+,39-,40+,41+,42?/m0/s1. The van der Waals surface area contributed by atoms with Crippen LogP contribution in [-0.2, 0) is 43.5 Å². The lowest BCUT2D eigenvalue weighted by molar-refractivity contribution is -0.328. The molecule has 2 aliphatic heterocycles. The van der Waals surface area contributed by atoms with Crippen molar-refractivity contribution in [3.63, 3.8) is 0 Å². The van der Waals surface area contributed by atoms with Gasteiger partial charge in [-0.25, -0.2) is 0 Å². The van der Waals surface area contributed by atoms with Gasteiger partial charge in [0.25, 0.3) is 0 Å². The molecule has 7 atom stereocenters. The largest absolute Gasteiger partial charge is 0.508 e. The van der Waals surface area contributed by atoms with Gasteiger partial charge in [0.1, 0.15) is 41.1 Å². The molecule has 0 aromatic heterocycles. The first-order valence-electron chi connectivity index (χ1n) is 17.3. The van der Waals surface area contributed by atoms with Crippen molar-refractivity contribution in [1.29, 1.82) is 0 Å². The van der Waals surface area contributed by atoms with Crippen molar-refractivity contribution in [2.24, 2.45) is 0 Å². The molecule has 0 amide bonds. The summed E-state index contributed by atoms with van der Waals surface area (Å²) in [5.41, 5.74) is 2.83. The summed E-state index contributed by atoms with van der Waals surface area (Å²) < 4.78 is 39.2. The average molecular weight is 721 g/mol. The second kappa shape index (κ2) is 16.1. The van der Waals surface area contributed by atoms with E-state index in [1.807, 2.05) is 97.9 Å². The highest BCUT2D eigenvalue weighted by molar-refractivity contribution is 6.05. The number of ketones is 1. The maximum Gasteiger partial charge on any atom is 0.203 e. The Hall–Kier alpha value is -5.43. The van der Waals surface area contributed by atoms with Gasteiger partial charge >= 0.3 is 0 Å². The molecule has 7 rings (SSSR count). The molecule has 274 valence electrons. The number of benzene rings is 5. The van der Waals surface area contributed by atoms with E-state index < -0.39 is 60.2 Å². The highest BCUT2D eigenvalue weighted by Gasteiger charge is 2.51. The number of hydrogen-bond acceptors (Lipinski definition) is 11. The van der Waals surface area contributed by atoms with Crippen LogP contribution < -0.4 is 4.74 Å². The molecule has 0 radical (unpaired) electrons. The van der Waals surface area contributed by atoms with Crippen LogP contribution in [0.5, 0.6) is 28.7 Å². The van der Waals surface area contributed by atoms with Crippen molar-refractivity contribution < 1.29 is 53.6 Å². The van der Waals surface area contributed by atoms with Crippen LogP contribution in [-0.4, -0.2) is 63.0 Å². The first kappa shape index (κ1) is 36.0. The maximum atomic E-state index is 14.3. The van der Waals surface area contributed by atoms with Gasteiger partial charge in [0, 0.05) is 12.1 Å². The van der Waals surface area contributed by atoms with Gasteiger partial charge in [-0.05, 0) is 41.3 Å². The molecule has 5 aromatic rings. The van der Waals surface area contributed by atoms with Crippen molar-refractivity contribution in [3.05, 3.63) is 149 Å². The van der Waals surface area contributed by atoms with Crippen LogP contribution in [0.3, 0.4) is 0 Å². The maximum absolute atomic E-state index is 14.3. The summed E-state index contributed by atoms with van der Waals surface area (Å²) in [6, 6.07) is 35.2. The number of ether oxygens (including phenoxy) is 6.